The van der Waals surface area contributed by atoms with Gasteiger partial charge in [-0.1, -0.05) is 6.42 Å². The second kappa shape index (κ2) is 5.67. The van der Waals surface area contributed by atoms with Crippen molar-refractivity contribution in [3.63, 3.8) is 0 Å². The van der Waals surface area contributed by atoms with Crippen LogP contribution in [0.5, 0.6) is 0 Å². The maximum Gasteiger partial charge on any atom is 0.160 e. The largest absolute Gasteiger partial charge is 0.383 e. The molecule has 3 rings (SSSR count). The van der Waals surface area contributed by atoms with Gasteiger partial charge in [-0.2, -0.15) is 0 Å². The van der Waals surface area contributed by atoms with Crippen LogP contribution < -0.4 is 5.32 Å². The zero-order valence-electron chi connectivity index (χ0n) is 11.3. The van der Waals surface area contributed by atoms with Crippen molar-refractivity contribution in [1.29, 1.82) is 0 Å². The molecule has 1 aliphatic rings. The van der Waals surface area contributed by atoms with Crippen LogP contribution in [0.3, 0.4) is 0 Å². The number of methoxy groups -OCH3 is 1. The third-order valence-corrected chi connectivity index (χ3v) is 3.67. The third kappa shape index (κ3) is 2.48. The number of ether oxygens (including phenoxy) is 1. The van der Waals surface area contributed by atoms with E-state index in [0.29, 0.717) is 12.6 Å². The fraction of sp³-hybridized carbons (Fsp3) is 0.571. The van der Waals surface area contributed by atoms with Crippen LogP contribution >= 0.6 is 0 Å². The number of nitrogens with zero attached hydrogens (tertiary/aromatic N) is 3. The number of hydrogen-bond acceptors (Lipinski definition) is 4. The van der Waals surface area contributed by atoms with Crippen LogP contribution in [0.2, 0.25) is 0 Å². The first-order valence-corrected chi connectivity index (χ1v) is 6.93. The number of rotatable bonds is 4. The van der Waals surface area contributed by atoms with Gasteiger partial charge < -0.3 is 14.6 Å². The molecule has 1 unspecified atom stereocenters. The molecule has 0 aliphatic carbocycles. The lowest BCUT2D eigenvalue weighted by atomic mass is 10.0. The van der Waals surface area contributed by atoms with Crippen LogP contribution in [-0.2, 0) is 11.3 Å². The summed E-state index contributed by atoms with van der Waals surface area (Å²) >= 11 is 0. The van der Waals surface area contributed by atoms with Gasteiger partial charge in [0.05, 0.1) is 12.6 Å². The van der Waals surface area contributed by atoms with E-state index in [-0.39, 0.29) is 0 Å². The van der Waals surface area contributed by atoms with Crippen LogP contribution in [0.25, 0.3) is 11.2 Å². The highest BCUT2D eigenvalue weighted by atomic mass is 16.5. The molecule has 5 heteroatoms. The molecule has 1 atom stereocenters. The minimum Gasteiger partial charge on any atom is -0.383 e. The summed E-state index contributed by atoms with van der Waals surface area (Å²) in [4.78, 5) is 9.24. The molecule has 2 aromatic rings. The summed E-state index contributed by atoms with van der Waals surface area (Å²) in [6.45, 7) is 2.56. The van der Waals surface area contributed by atoms with Gasteiger partial charge >= 0.3 is 0 Å². The highest BCUT2D eigenvalue weighted by Gasteiger charge is 2.22. The fourth-order valence-electron chi connectivity index (χ4n) is 2.72. The second-order valence-corrected chi connectivity index (χ2v) is 4.96. The summed E-state index contributed by atoms with van der Waals surface area (Å²) in [5.74, 6) is 1.10. The summed E-state index contributed by atoms with van der Waals surface area (Å²) in [6, 6.07) is 4.31. The molecule has 19 heavy (non-hydrogen) atoms. The Hall–Kier alpha value is -1.46. The Morgan fingerprint density at radius 1 is 1.47 bits per heavy atom. The Morgan fingerprint density at radius 3 is 3.21 bits per heavy atom. The van der Waals surface area contributed by atoms with Crippen molar-refractivity contribution in [2.75, 3.05) is 20.3 Å². The first kappa shape index (κ1) is 12.6. The van der Waals surface area contributed by atoms with E-state index >= 15 is 0 Å². The van der Waals surface area contributed by atoms with E-state index in [4.69, 9.17) is 9.72 Å². The highest BCUT2D eigenvalue weighted by molar-refractivity contribution is 5.71. The Morgan fingerprint density at radius 2 is 2.42 bits per heavy atom. The molecule has 1 fully saturated rings. The predicted octanol–water partition coefficient (Wildman–Crippen LogP) is 1.89. The Bertz CT molecular complexity index is 545. The molecular formula is C14H20N4O. The minimum absolute atomic E-state index is 0.347. The molecule has 0 bridgehead atoms. The molecule has 102 valence electrons. The highest BCUT2D eigenvalue weighted by Crippen LogP contribution is 2.25. The number of aromatic nitrogens is 3. The van der Waals surface area contributed by atoms with Gasteiger partial charge in [0.15, 0.2) is 5.65 Å². The number of pyridine rings is 1. The Balaban J connectivity index is 2.00. The Kier molecular flexibility index (Phi) is 3.75. The van der Waals surface area contributed by atoms with Gasteiger partial charge in [-0.05, 0) is 31.5 Å². The quantitative estimate of drug-likeness (QED) is 0.912. The van der Waals surface area contributed by atoms with Crippen LogP contribution in [0.1, 0.15) is 31.1 Å². The lowest BCUT2D eigenvalue weighted by Gasteiger charge is -2.23. The van der Waals surface area contributed by atoms with E-state index < -0.39 is 0 Å². The van der Waals surface area contributed by atoms with Crippen molar-refractivity contribution in [2.45, 2.75) is 31.8 Å². The monoisotopic (exact) mass is 260 g/mol. The zero-order valence-corrected chi connectivity index (χ0v) is 11.3. The zero-order chi connectivity index (χ0) is 13.1. The number of fused-ring (bicyclic) bond motifs is 1. The third-order valence-electron chi connectivity index (χ3n) is 3.67. The molecule has 0 aromatic carbocycles. The van der Waals surface area contributed by atoms with Crippen LogP contribution in [-0.4, -0.2) is 34.8 Å². The molecule has 3 heterocycles. The maximum atomic E-state index is 5.21. The molecular weight excluding hydrogens is 240 g/mol. The van der Waals surface area contributed by atoms with Crippen LogP contribution in [0.15, 0.2) is 18.3 Å². The van der Waals surface area contributed by atoms with Gasteiger partial charge in [0, 0.05) is 19.9 Å². The number of hydrogen-bond donors (Lipinski definition) is 1. The topological polar surface area (TPSA) is 52.0 Å². The summed E-state index contributed by atoms with van der Waals surface area (Å²) in [5, 5.41) is 3.56. The first-order chi connectivity index (χ1) is 9.40. The minimum atomic E-state index is 0.347. The molecule has 1 aliphatic heterocycles. The lowest BCUT2D eigenvalue weighted by Crippen LogP contribution is -2.29. The molecule has 0 amide bonds. The van der Waals surface area contributed by atoms with E-state index in [1.54, 1.807) is 7.11 Å². The summed E-state index contributed by atoms with van der Waals surface area (Å²) in [6.07, 6.45) is 5.49. The van der Waals surface area contributed by atoms with Crippen molar-refractivity contribution in [3.05, 3.63) is 24.2 Å². The number of imidazole rings is 1. The van der Waals surface area contributed by atoms with Crippen molar-refractivity contribution < 1.29 is 4.74 Å². The molecule has 5 nitrogen and oxygen atoms in total. The van der Waals surface area contributed by atoms with Gasteiger partial charge in [-0.25, -0.2) is 9.97 Å². The van der Waals surface area contributed by atoms with Gasteiger partial charge in [0.25, 0.3) is 0 Å². The smallest absolute Gasteiger partial charge is 0.160 e. The molecule has 2 aromatic heterocycles. The van der Waals surface area contributed by atoms with E-state index in [9.17, 15) is 0 Å². The average Bonchev–Trinajstić information content (AvgIpc) is 2.85. The lowest BCUT2D eigenvalue weighted by molar-refractivity contribution is 0.186. The van der Waals surface area contributed by atoms with Gasteiger partial charge in [0.1, 0.15) is 11.3 Å². The molecule has 1 saturated heterocycles. The standard InChI is InChI=1S/C14H20N4O/c1-19-10-9-18-13-12(6-4-8-16-13)17-14(18)11-5-2-3-7-15-11/h4,6,8,11,15H,2-3,5,7,9-10H2,1H3. The van der Waals surface area contributed by atoms with E-state index in [1.807, 2.05) is 18.3 Å². The first-order valence-electron chi connectivity index (χ1n) is 6.93. The number of nitrogens with one attached hydrogen (secondary N) is 1. The average molecular weight is 260 g/mol. The second-order valence-electron chi connectivity index (χ2n) is 4.96. The Labute approximate surface area is 113 Å². The van der Waals surface area contributed by atoms with Gasteiger partial charge in [0.2, 0.25) is 0 Å². The molecule has 0 saturated carbocycles. The molecule has 0 spiro atoms. The van der Waals surface area contributed by atoms with Crippen LogP contribution in [0.4, 0.5) is 0 Å². The fourth-order valence-corrected chi connectivity index (χ4v) is 2.72. The van der Waals surface area contributed by atoms with E-state index in [1.165, 1.54) is 12.8 Å². The van der Waals surface area contributed by atoms with Crippen molar-refractivity contribution in [2.24, 2.45) is 0 Å². The number of piperidine rings is 1. The maximum absolute atomic E-state index is 5.21. The normalized spacial score (nSPS) is 19.9. The summed E-state index contributed by atoms with van der Waals surface area (Å²) in [5.41, 5.74) is 1.93. The van der Waals surface area contributed by atoms with Crippen LogP contribution in [0, 0.1) is 0 Å². The van der Waals surface area contributed by atoms with Gasteiger partial charge in [-0.3, -0.25) is 0 Å². The summed E-state index contributed by atoms with van der Waals surface area (Å²) in [7, 11) is 1.73. The molecule has 1 N–H and O–H groups in total. The predicted molar refractivity (Wildman–Crippen MR) is 74.0 cm³/mol. The SMILES string of the molecule is COCCn1c(C2CCCCN2)nc2cccnc21. The van der Waals surface area contributed by atoms with Gasteiger partial charge in [-0.15, -0.1) is 0 Å². The van der Waals surface area contributed by atoms with Crippen molar-refractivity contribution in [1.82, 2.24) is 19.9 Å². The molecule has 0 radical (unpaired) electrons. The summed E-state index contributed by atoms with van der Waals surface area (Å²) < 4.78 is 7.41. The van der Waals surface area contributed by atoms with Crippen molar-refractivity contribution >= 4 is 11.2 Å². The van der Waals surface area contributed by atoms with E-state index in [0.717, 1.165) is 36.5 Å². The van der Waals surface area contributed by atoms with E-state index in [2.05, 4.69) is 14.9 Å². The van der Waals surface area contributed by atoms with Crippen molar-refractivity contribution in [3.8, 4) is 0 Å².